The van der Waals surface area contributed by atoms with Crippen molar-refractivity contribution in [1.29, 1.82) is 0 Å². The number of nitrogen functional groups attached to an aromatic ring is 1. The molecule has 0 unspecified atom stereocenters. The number of rotatable bonds is 4. The van der Waals surface area contributed by atoms with Gasteiger partial charge in [0.1, 0.15) is 4.90 Å². The first-order valence-corrected chi connectivity index (χ1v) is 7.33. The molecule has 20 heavy (non-hydrogen) atoms. The van der Waals surface area contributed by atoms with Gasteiger partial charge in [-0.05, 0) is 12.1 Å². The van der Waals surface area contributed by atoms with Crippen LogP contribution in [0.1, 0.15) is 0 Å². The van der Waals surface area contributed by atoms with Crippen molar-refractivity contribution in [2.24, 2.45) is 7.05 Å². The SMILES string of the molecule is CN(C)S(=O)(=O)c1cccc(Nc2cnn(C)c2)c1N. The zero-order valence-electron chi connectivity index (χ0n) is 11.5. The van der Waals surface area contributed by atoms with Crippen LogP contribution in [0.2, 0.25) is 0 Å². The largest absolute Gasteiger partial charge is 0.396 e. The molecule has 0 spiro atoms. The Morgan fingerprint density at radius 3 is 2.60 bits per heavy atom. The fraction of sp³-hybridized carbons (Fsp3) is 0.250. The Morgan fingerprint density at radius 1 is 1.35 bits per heavy atom. The van der Waals surface area contributed by atoms with E-state index in [0.29, 0.717) is 5.69 Å². The highest BCUT2D eigenvalue weighted by Crippen LogP contribution is 2.30. The van der Waals surface area contributed by atoms with Gasteiger partial charge in [0, 0.05) is 27.3 Å². The van der Waals surface area contributed by atoms with Crippen LogP contribution >= 0.6 is 0 Å². The van der Waals surface area contributed by atoms with Gasteiger partial charge in [-0.2, -0.15) is 5.10 Å². The summed E-state index contributed by atoms with van der Waals surface area (Å²) in [6.45, 7) is 0. The van der Waals surface area contributed by atoms with Gasteiger partial charge in [-0.3, -0.25) is 4.68 Å². The summed E-state index contributed by atoms with van der Waals surface area (Å²) in [6, 6.07) is 4.85. The molecule has 0 aliphatic heterocycles. The molecule has 3 N–H and O–H groups in total. The topological polar surface area (TPSA) is 93.2 Å². The average Bonchev–Trinajstić information content (AvgIpc) is 2.77. The lowest BCUT2D eigenvalue weighted by Crippen LogP contribution is -2.23. The van der Waals surface area contributed by atoms with Crippen molar-refractivity contribution in [2.75, 3.05) is 25.1 Å². The fourth-order valence-corrected chi connectivity index (χ4v) is 2.75. The van der Waals surface area contributed by atoms with E-state index in [4.69, 9.17) is 5.73 Å². The van der Waals surface area contributed by atoms with Crippen LogP contribution < -0.4 is 11.1 Å². The molecule has 108 valence electrons. The van der Waals surface area contributed by atoms with Crippen molar-refractivity contribution < 1.29 is 8.42 Å². The minimum atomic E-state index is -3.57. The van der Waals surface area contributed by atoms with E-state index in [2.05, 4.69) is 10.4 Å². The van der Waals surface area contributed by atoms with Gasteiger partial charge in [0.25, 0.3) is 0 Å². The van der Waals surface area contributed by atoms with Gasteiger partial charge in [0.05, 0.1) is 23.3 Å². The summed E-state index contributed by atoms with van der Waals surface area (Å²) in [4.78, 5) is 0.0800. The van der Waals surface area contributed by atoms with E-state index in [1.165, 1.54) is 20.2 Å². The summed E-state index contributed by atoms with van der Waals surface area (Å²) in [7, 11) is 1.16. The van der Waals surface area contributed by atoms with Crippen LogP contribution in [0.4, 0.5) is 17.1 Å². The standard InChI is InChI=1S/C12H17N5O2S/c1-16(2)20(18,19)11-6-4-5-10(12(11)13)15-9-7-14-17(3)8-9/h4-8,15H,13H2,1-3H3. The third-order valence-electron chi connectivity index (χ3n) is 2.81. The van der Waals surface area contributed by atoms with Crippen LogP contribution in [0.25, 0.3) is 0 Å². The molecule has 1 aromatic heterocycles. The predicted molar refractivity (Wildman–Crippen MR) is 78.2 cm³/mol. The van der Waals surface area contributed by atoms with E-state index >= 15 is 0 Å². The Balaban J connectivity index is 2.42. The number of hydrogen-bond donors (Lipinski definition) is 2. The van der Waals surface area contributed by atoms with E-state index in [-0.39, 0.29) is 10.6 Å². The summed E-state index contributed by atoms with van der Waals surface area (Å²) in [6.07, 6.45) is 3.40. The molecule has 2 aromatic rings. The first-order chi connectivity index (χ1) is 9.32. The summed E-state index contributed by atoms with van der Waals surface area (Å²) in [5, 5.41) is 7.08. The number of nitrogens with two attached hydrogens (primary N) is 1. The van der Waals surface area contributed by atoms with Crippen LogP contribution in [-0.4, -0.2) is 36.6 Å². The molecule has 0 aliphatic carbocycles. The van der Waals surface area contributed by atoms with E-state index in [1.54, 1.807) is 36.3 Å². The quantitative estimate of drug-likeness (QED) is 0.821. The Labute approximate surface area is 118 Å². The van der Waals surface area contributed by atoms with Crippen molar-refractivity contribution in [3.05, 3.63) is 30.6 Å². The van der Waals surface area contributed by atoms with Crippen LogP contribution in [0.15, 0.2) is 35.5 Å². The fourth-order valence-electron chi connectivity index (χ4n) is 1.72. The maximum Gasteiger partial charge on any atom is 0.244 e. The highest BCUT2D eigenvalue weighted by molar-refractivity contribution is 7.89. The van der Waals surface area contributed by atoms with Gasteiger partial charge in [-0.1, -0.05) is 6.07 Å². The molecule has 0 radical (unpaired) electrons. The second-order valence-electron chi connectivity index (χ2n) is 4.53. The predicted octanol–water partition coefficient (Wildman–Crippen LogP) is 0.996. The summed E-state index contributed by atoms with van der Waals surface area (Å²) < 4.78 is 27.1. The van der Waals surface area contributed by atoms with Gasteiger partial charge in [0.15, 0.2) is 0 Å². The maximum absolute atomic E-state index is 12.2. The van der Waals surface area contributed by atoms with E-state index in [1.807, 2.05) is 0 Å². The van der Waals surface area contributed by atoms with Crippen LogP contribution in [-0.2, 0) is 17.1 Å². The molecule has 1 aromatic carbocycles. The van der Waals surface area contributed by atoms with Gasteiger partial charge < -0.3 is 11.1 Å². The lowest BCUT2D eigenvalue weighted by atomic mass is 10.2. The number of sulfonamides is 1. The minimum absolute atomic E-state index is 0.0800. The van der Waals surface area contributed by atoms with Crippen molar-refractivity contribution in [2.45, 2.75) is 4.90 Å². The van der Waals surface area contributed by atoms with Gasteiger partial charge >= 0.3 is 0 Å². The summed E-state index contributed by atoms with van der Waals surface area (Å²) in [5.41, 5.74) is 7.42. The maximum atomic E-state index is 12.2. The lowest BCUT2D eigenvalue weighted by Gasteiger charge is -2.15. The van der Waals surface area contributed by atoms with E-state index < -0.39 is 10.0 Å². The summed E-state index contributed by atoms with van der Waals surface area (Å²) >= 11 is 0. The molecule has 0 bridgehead atoms. The smallest absolute Gasteiger partial charge is 0.244 e. The molecular weight excluding hydrogens is 278 g/mol. The van der Waals surface area contributed by atoms with Crippen molar-refractivity contribution in [1.82, 2.24) is 14.1 Å². The second-order valence-corrected chi connectivity index (χ2v) is 6.65. The average molecular weight is 295 g/mol. The molecule has 0 saturated carbocycles. The Morgan fingerprint density at radius 2 is 2.05 bits per heavy atom. The Hall–Kier alpha value is -2.06. The molecule has 2 rings (SSSR count). The molecule has 0 fully saturated rings. The highest BCUT2D eigenvalue weighted by Gasteiger charge is 2.21. The highest BCUT2D eigenvalue weighted by atomic mass is 32.2. The number of aromatic nitrogens is 2. The second kappa shape index (κ2) is 5.14. The monoisotopic (exact) mass is 295 g/mol. The van der Waals surface area contributed by atoms with Gasteiger partial charge in [-0.15, -0.1) is 0 Å². The summed E-state index contributed by atoms with van der Waals surface area (Å²) in [5.74, 6) is 0. The van der Waals surface area contributed by atoms with Crippen LogP contribution in [0.5, 0.6) is 0 Å². The van der Waals surface area contributed by atoms with Crippen molar-refractivity contribution in [3.8, 4) is 0 Å². The number of nitrogens with zero attached hydrogens (tertiary/aromatic N) is 3. The normalized spacial score (nSPS) is 11.8. The van der Waals surface area contributed by atoms with E-state index in [9.17, 15) is 8.42 Å². The number of benzene rings is 1. The first-order valence-electron chi connectivity index (χ1n) is 5.89. The molecule has 0 saturated heterocycles. The molecule has 8 heteroatoms. The van der Waals surface area contributed by atoms with Crippen LogP contribution in [0, 0.1) is 0 Å². The van der Waals surface area contributed by atoms with E-state index in [0.717, 1.165) is 9.99 Å². The number of anilines is 3. The number of aryl methyl sites for hydroxylation is 1. The van der Waals surface area contributed by atoms with Crippen molar-refractivity contribution >= 4 is 27.1 Å². The Kier molecular flexibility index (Phi) is 3.69. The number of para-hydroxylation sites is 1. The Bertz CT molecular complexity index is 721. The molecular formula is C12H17N5O2S. The number of hydrogen-bond acceptors (Lipinski definition) is 5. The third kappa shape index (κ3) is 2.61. The minimum Gasteiger partial charge on any atom is -0.396 e. The van der Waals surface area contributed by atoms with Gasteiger partial charge in [0.2, 0.25) is 10.0 Å². The number of nitrogens with one attached hydrogen (secondary N) is 1. The first kappa shape index (κ1) is 14.4. The third-order valence-corrected chi connectivity index (χ3v) is 4.68. The zero-order valence-corrected chi connectivity index (χ0v) is 12.3. The molecule has 0 aliphatic rings. The molecule has 1 heterocycles. The molecule has 0 amide bonds. The van der Waals surface area contributed by atoms with Crippen molar-refractivity contribution in [3.63, 3.8) is 0 Å². The lowest BCUT2D eigenvalue weighted by molar-refractivity contribution is 0.521. The zero-order chi connectivity index (χ0) is 14.9. The molecule has 0 atom stereocenters. The van der Waals surface area contributed by atoms with Gasteiger partial charge in [-0.25, -0.2) is 12.7 Å². The van der Waals surface area contributed by atoms with Crippen LogP contribution in [0.3, 0.4) is 0 Å². The molecule has 7 nitrogen and oxygen atoms in total.